The lowest BCUT2D eigenvalue weighted by molar-refractivity contribution is -0.113. The second-order valence-corrected chi connectivity index (χ2v) is 8.68. The van der Waals surface area contributed by atoms with Gasteiger partial charge in [-0.1, -0.05) is 32.1 Å². The van der Waals surface area contributed by atoms with E-state index in [0.29, 0.717) is 25.2 Å². The summed E-state index contributed by atoms with van der Waals surface area (Å²) in [5.74, 6) is -1.53. The van der Waals surface area contributed by atoms with E-state index in [1.54, 1.807) is 29.0 Å². The van der Waals surface area contributed by atoms with Crippen LogP contribution < -0.4 is 4.90 Å². The lowest BCUT2D eigenvalue weighted by atomic mass is 9.99. The highest BCUT2D eigenvalue weighted by Gasteiger charge is 2.30. The Morgan fingerprint density at radius 1 is 1.19 bits per heavy atom. The van der Waals surface area contributed by atoms with Gasteiger partial charge < -0.3 is 19.8 Å². The Morgan fingerprint density at radius 2 is 1.91 bits per heavy atom. The van der Waals surface area contributed by atoms with Crippen molar-refractivity contribution in [3.05, 3.63) is 70.6 Å². The molecule has 170 valence electrons. The van der Waals surface area contributed by atoms with Crippen LogP contribution in [-0.2, 0) is 17.9 Å². The minimum Gasteiger partial charge on any atom is -0.507 e. The van der Waals surface area contributed by atoms with Crippen molar-refractivity contribution in [3.63, 3.8) is 0 Å². The van der Waals surface area contributed by atoms with Gasteiger partial charge in [-0.05, 0) is 43.3 Å². The molecule has 1 N–H and O–H groups in total. The predicted molar refractivity (Wildman–Crippen MR) is 123 cm³/mol. The van der Waals surface area contributed by atoms with Crippen LogP contribution in [0, 0.1) is 5.82 Å². The molecule has 1 aliphatic heterocycles. The molecule has 0 saturated heterocycles. The van der Waals surface area contributed by atoms with E-state index in [1.165, 1.54) is 6.07 Å². The maximum absolute atomic E-state index is 14.2. The molecule has 7 heteroatoms. The number of fused-ring (bicyclic) bond motifs is 1. The van der Waals surface area contributed by atoms with E-state index in [2.05, 4.69) is 0 Å². The molecule has 1 heterocycles. The van der Waals surface area contributed by atoms with Gasteiger partial charge in [0.25, 0.3) is 5.91 Å². The number of rotatable bonds is 6. The normalized spacial score (nSPS) is 13.3. The van der Waals surface area contributed by atoms with Crippen molar-refractivity contribution in [2.75, 3.05) is 32.6 Å². The fraction of sp³-hybridized carbons (Fsp3) is 0.360. The highest BCUT2D eigenvalue weighted by atomic mass is 19.1. The number of likely N-dealkylation sites (N-methyl/N-ethyl adjacent to an activating group) is 2. The zero-order chi connectivity index (χ0) is 23.6. The molecule has 2 aromatic rings. The van der Waals surface area contributed by atoms with Gasteiger partial charge in [-0.15, -0.1) is 0 Å². The van der Waals surface area contributed by atoms with E-state index in [4.69, 9.17) is 0 Å². The first-order valence-electron chi connectivity index (χ1n) is 10.6. The molecule has 3 rings (SSSR count). The Balaban J connectivity index is 1.84. The molecule has 6 nitrogen and oxygen atoms in total. The molecule has 1 aliphatic rings. The largest absolute Gasteiger partial charge is 0.507 e. The first-order valence-corrected chi connectivity index (χ1v) is 10.6. The molecule has 0 saturated carbocycles. The summed E-state index contributed by atoms with van der Waals surface area (Å²) in [4.78, 5) is 30.9. The Hall–Kier alpha value is -3.19. The summed E-state index contributed by atoms with van der Waals surface area (Å²) in [7, 11) is 5.57. The molecular weight excluding hydrogens is 409 g/mol. The van der Waals surface area contributed by atoms with Gasteiger partial charge in [0.05, 0.1) is 5.56 Å². The number of carbonyl (C=O) groups excluding carboxylic acids is 2. The molecule has 0 fully saturated rings. The Bertz CT molecular complexity index is 1060. The zero-order valence-corrected chi connectivity index (χ0v) is 19.2. The Morgan fingerprint density at radius 3 is 2.56 bits per heavy atom. The standard InChI is InChI=1S/C25H30FN3O3/c1-16(2)18-12-19(23(30)13-21(18)26)25(32)29-14-17-8-6-9-22(20(17)15-29)28(5)24(31)10-7-11-27(3)4/h6-10,12-13,16,30H,11,14-15H2,1-5H3/b10-7+. The maximum atomic E-state index is 14.2. The van der Waals surface area contributed by atoms with Crippen LogP contribution >= 0.6 is 0 Å². The van der Waals surface area contributed by atoms with Crippen molar-refractivity contribution < 1.29 is 19.1 Å². The summed E-state index contributed by atoms with van der Waals surface area (Å²) in [6, 6.07) is 8.09. The van der Waals surface area contributed by atoms with Crippen molar-refractivity contribution in [2.24, 2.45) is 0 Å². The lowest BCUT2D eigenvalue weighted by Crippen LogP contribution is -2.27. The van der Waals surface area contributed by atoms with Crippen molar-refractivity contribution in [1.82, 2.24) is 9.80 Å². The third-order valence-corrected chi connectivity index (χ3v) is 5.64. The Labute approximate surface area is 188 Å². The van der Waals surface area contributed by atoms with Crippen LogP contribution in [0.4, 0.5) is 10.1 Å². The molecule has 0 aliphatic carbocycles. The number of carbonyl (C=O) groups is 2. The number of nitrogens with zero attached hydrogens (tertiary/aromatic N) is 3. The number of amides is 2. The number of phenols is 1. The molecule has 0 bridgehead atoms. The molecule has 2 aromatic carbocycles. The summed E-state index contributed by atoms with van der Waals surface area (Å²) in [6.07, 6.45) is 3.35. The van der Waals surface area contributed by atoms with Crippen LogP contribution in [0.2, 0.25) is 0 Å². The van der Waals surface area contributed by atoms with E-state index in [1.807, 2.05) is 51.0 Å². The van der Waals surface area contributed by atoms with Gasteiger partial charge in [-0.3, -0.25) is 9.59 Å². The van der Waals surface area contributed by atoms with E-state index in [9.17, 15) is 19.1 Å². The highest BCUT2D eigenvalue weighted by Crippen LogP contribution is 2.34. The maximum Gasteiger partial charge on any atom is 0.258 e. The molecule has 0 atom stereocenters. The number of halogens is 1. The van der Waals surface area contributed by atoms with Crippen LogP contribution in [-0.4, -0.2) is 54.4 Å². The molecule has 0 radical (unpaired) electrons. The number of phenolic OH excluding ortho intramolecular Hbond substituents is 1. The first kappa shape index (κ1) is 23.5. The second-order valence-electron chi connectivity index (χ2n) is 8.68. The second kappa shape index (κ2) is 9.53. The van der Waals surface area contributed by atoms with Crippen LogP contribution in [0.15, 0.2) is 42.5 Å². The molecule has 2 amide bonds. The van der Waals surface area contributed by atoms with Crippen LogP contribution in [0.5, 0.6) is 5.75 Å². The van der Waals surface area contributed by atoms with Gasteiger partial charge >= 0.3 is 0 Å². The van der Waals surface area contributed by atoms with Gasteiger partial charge in [-0.25, -0.2) is 4.39 Å². The number of benzene rings is 2. The fourth-order valence-corrected chi connectivity index (χ4v) is 3.82. The summed E-state index contributed by atoms with van der Waals surface area (Å²) < 4.78 is 14.2. The highest BCUT2D eigenvalue weighted by molar-refractivity contribution is 6.02. The third-order valence-electron chi connectivity index (χ3n) is 5.64. The van der Waals surface area contributed by atoms with E-state index in [0.717, 1.165) is 22.9 Å². The number of anilines is 1. The van der Waals surface area contributed by atoms with Crippen molar-refractivity contribution >= 4 is 17.5 Å². The van der Waals surface area contributed by atoms with Gasteiger partial charge in [0.15, 0.2) is 0 Å². The monoisotopic (exact) mass is 439 g/mol. The summed E-state index contributed by atoms with van der Waals surface area (Å²) in [5, 5.41) is 10.2. The van der Waals surface area contributed by atoms with Gasteiger partial charge in [-0.2, -0.15) is 0 Å². The third kappa shape index (κ3) is 4.83. The summed E-state index contributed by atoms with van der Waals surface area (Å²) in [5.41, 5.74) is 3.05. The minimum atomic E-state index is -0.525. The molecule has 32 heavy (non-hydrogen) atoms. The smallest absolute Gasteiger partial charge is 0.258 e. The quantitative estimate of drug-likeness (QED) is 0.694. The minimum absolute atomic E-state index is 0.0838. The SMILES string of the molecule is CC(C)c1cc(C(=O)N2Cc3cccc(N(C)C(=O)/C=C/CN(C)C)c3C2)c(O)cc1F. The zero-order valence-electron chi connectivity index (χ0n) is 19.2. The van der Waals surface area contributed by atoms with Crippen molar-refractivity contribution in [2.45, 2.75) is 32.9 Å². The number of aromatic hydroxyl groups is 1. The van der Waals surface area contributed by atoms with E-state index < -0.39 is 5.82 Å². The number of hydrogen-bond acceptors (Lipinski definition) is 4. The van der Waals surface area contributed by atoms with Crippen LogP contribution in [0.1, 0.15) is 46.8 Å². The molecule has 0 unspecified atom stereocenters. The fourth-order valence-electron chi connectivity index (χ4n) is 3.82. The predicted octanol–water partition coefficient (Wildman–Crippen LogP) is 3.89. The van der Waals surface area contributed by atoms with Gasteiger partial charge in [0.2, 0.25) is 5.91 Å². The average molecular weight is 440 g/mol. The van der Waals surface area contributed by atoms with Gasteiger partial charge in [0.1, 0.15) is 11.6 Å². The van der Waals surface area contributed by atoms with Gasteiger partial charge in [0, 0.05) is 50.1 Å². The molecule has 0 spiro atoms. The van der Waals surface area contributed by atoms with Crippen LogP contribution in [0.3, 0.4) is 0 Å². The van der Waals surface area contributed by atoms with Crippen LogP contribution in [0.25, 0.3) is 0 Å². The van der Waals surface area contributed by atoms with Crippen molar-refractivity contribution in [3.8, 4) is 5.75 Å². The topological polar surface area (TPSA) is 64.1 Å². The van der Waals surface area contributed by atoms with Crippen molar-refractivity contribution in [1.29, 1.82) is 0 Å². The van der Waals surface area contributed by atoms with E-state index >= 15 is 0 Å². The summed E-state index contributed by atoms with van der Waals surface area (Å²) >= 11 is 0. The molecule has 0 aromatic heterocycles. The summed E-state index contributed by atoms with van der Waals surface area (Å²) in [6.45, 7) is 4.99. The lowest BCUT2D eigenvalue weighted by Gasteiger charge is -2.20. The number of hydrogen-bond donors (Lipinski definition) is 1. The molecular formula is C25H30FN3O3. The Kier molecular flexibility index (Phi) is 6.99. The first-order chi connectivity index (χ1) is 15.1. The van der Waals surface area contributed by atoms with E-state index in [-0.39, 0.29) is 29.0 Å². The average Bonchev–Trinajstić information content (AvgIpc) is 3.16.